The Morgan fingerprint density at radius 3 is 2.61 bits per heavy atom. The monoisotopic (exact) mass is 238 g/mol. The minimum Gasteiger partial charge on any atom is -0.493 e. The number of ether oxygens (including phenoxy) is 1. The molecule has 1 aliphatic heterocycles. The van der Waals surface area contributed by atoms with Gasteiger partial charge >= 0.3 is 0 Å². The molecule has 0 saturated heterocycles. The molecule has 1 heterocycles. The number of benzene rings is 2. The Kier molecular flexibility index (Phi) is 2.85. The van der Waals surface area contributed by atoms with Crippen LogP contribution in [0.2, 0.25) is 0 Å². The van der Waals surface area contributed by atoms with Gasteiger partial charge in [0.2, 0.25) is 0 Å². The molecule has 0 saturated carbocycles. The third-order valence-corrected chi connectivity index (χ3v) is 3.19. The lowest BCUT2D eigenvalue weighted by atomic mass is 9.99. The summed E-state index contributed by atoms with van der Waals surface area (Å²) in [5.74, 6) is 0.900. The summed E-state index contributed by atoms with van der Waals surface area (Å²) in [6.07, 6.45) is 1.37. The van der Waals surface area contributed by atoms with Crippen LogP contribution >= 0.6 is 0 Å². The minimum absolute atomic E-state index is 0.181. The normalized spacial score (nSPS) is 14.6. The molecule has 0 aromatic heterocycles. The van der Waals surface area contributed by atoms with Crippen molar-refractivity contribution in [3.05, 3.63) is 54.1 Å². The Labute approximate surface area is 106 Å². The van der Waals surface area contributed by atoms with Gasteiger partial charge in [-0.05, 0) is 29.7 Å². The highest BCUT2D eigenvalue weighted by Crippen LogP contribution is 2.29. The molecule has 0 aliphatic carbocycles. The van der Waals surface area contributed by atoms with Crippen LogP contribution in [0.1, 0.15) is 23.2 Å². The maximum absolute atomic E-state index is 12.0. The highest BCUT2D eigenvalue weighted by molar-refractivity contribution is 6.00. The van der Waals surface area contributed by atoms with E-state index in [1.54, 1.807) is 0 Å². The lowest BCUT2D eigenvalue weighted by Crippen LogP contribution is -1.97. The van der Waals surface area contributed by atoms with Crippen molar-refractivity contribution in [2.45, 2.75) is 12.8 Å². The molecule has 0 N–H and O–H groups in total. The van der Waals surface area contributed by atoms with Crippen molar-refractivity contribution in [3.63, 3.8) is 0 Å². The van der Waals surface area contributed by atoms with Crippen LogP contribution in [0.5, 0.6) is 5.75 Å². The van der Waals surface area contributed by atoms with Crippen LogP contribution in [0.15, 0.2) is 48.5 Å². The fourth-order valence-corrected chi connectivity index (χ4v) is 2.23. The molecule has 3 rings (SSSR count). The zero-order chi connectivity index (χ0) is 12.4. The van der Waals surface area contributed by atoms with Gasteiger partial charge in [-0.1, -0.05) is 36.4 Å². The second kappa shape index (κ2) is 4.65. The van der Waals surface area contributed by atoms with Gasteiger partial charge in [0.15, 0.2) is 5.78 Å². The summed E-state index contributed by atoms with van der Waals surface area (Å²) in [7, 11) is 0. The summed E-state index contributed by atoms with van der Waals surface area (Å²) in [4.78, 5) is 12.0. The van der Waals surface area contributed by atoms with E-state index in [0.717, 1.165) is 23.3 Å². The van der Waals surface area contributed by atoms with Crippen LogP contribution in [-0.2, 0) is 0 Å². The first kappa shape index (κ1) is 11.0. The molecule has 0 amide bonds. The second-order valence-electron chi connectivity index (χ2n) is 4.45. The van der Waals surface area contributed by atoms with Gasteiger partial charge in [0, 0.05) is 6.42 Å². The van der Waals surface area contributed by atoms with Gasteiger partial charge in [-0.2, -0.15) is 0 Å². The fourth-order valence-electron chi connectivity index (χ4n) is 2.23. The van der Waals surface area contributed by atoms with E-state index < -0.39 is 0 Å². The topological polar surface area (TPSA) is 26.3 Å². The third kappa shape index (κ3) is 2.02. The molecule has 0 bridgehead atoms. The fraction of sp³-hybridized carbons (Fsp3) is 0.188. The molecule has 2 aromatic rings. The highest BCUT2D eigenvalue weighted by atomic mass is 16.5. The largest absolute Gasteiger partial charge is 0.493 e. The van der Waals surface area contributed by atoms with Crippen molar-refractivity contribution in [1.29, 1.82) is 0 Å². The summed E-state index contributed by atoms with van der Waals surface area (Å²) < 4.78 is 5.59. The number of hydrogen-bond acceptors (Lipinski definition) is 2. The van der Waals surface area contributed by atoms with E-state index in [0.29, 0.717) is 18.6 Å². The van der Waals surface area contributed by atoms with Gasteiger partial charge in [-0.3, -0.25) is 4.79 Å². The quantitative estimate of drug-likeness (QED) is 0.757. The van der Waals surface area contributed by atoms with Crippen molar-refractivity contribution in [2.24, 2.45) is 0 Å². The third-order valence-electron chi connectivity index (χ3n) is 3.19. The number of ketones is 1. The second-order valence-corrected chi connectivity index (χ2v) is 4.45. The predicted molar refractivity (Wildman–Crippen MR) is 70.9 cm³/mol. The lowest BCUT2D eigenvalue weighted by Gasteiger charge is -2.08. The van der Waals surface area contributed by atoms with Crippen LogP contribution in [0, 0.1) is 0 Å². The lowest BCUT2D eigenvalue weighted by molar-refractivity contribution is 0.0983. The zero-order valence-corrected chi connectivity index (χ0v) is 10.1. The Morgan fingerprint density at radius 1 is 0.944 bits per heavy atom. The Hall–Kier alpha value is -2.09. The average Bonchev–Trinajstić information content (AvgIpc) is 2.62. The molecule has 2 nitrogen and oxygen atoms in total. The van der Waals surface area contributed by atoms with Crippen LogP contribution in [-0.4, -0.2) is 12.4 Å². The standard InChI is InChI=1S/C16H14O2/c17-15-7-4-10-18-16-9-8-13(11-14(15)16)12-5-2-1-3-6-12/h1-3,5-6,8-9,11H,4,7,10H2. The van der Waals surface area contributed by atoms with Gasteiger partial charge in [-0.25, -0.2) is 0 Å². The SMILES string of the molecule is O=C1CCCOc2ccc(-c3ccccc3)cc21. The van der Waals surface area contributed by atoms with Gasteiger partial charge in [0.05, 0.1) is 12.2 Å². The average molecular weight is 238 g/mol. The zero-order valence-electron chi connectivity index (χ0n) is 10.1. The van der Waals surface area contributed by atoms with Crippen molar-refractivity contribution in [2.75, 3.05) is 6.61 Å². The van der Waals surface area contributed by atoms with Crippen molar-refractivity contribution in [1.82, 2.24) is 0 Å². The molecule has 0 fully saturated rings. The summed E-state index contributed by atoms with van der Waals surface area (Å²) >= 11 is 0. The molecule has 90 valence electrons. The first-order valence-electron chi connectivity index (χ1n) is 6.20. The molecule has 2 heteroatoms. The van der Waals surface area contributed by atoms with E-state index in [4.69, 9.17) is 4.74 Å². The van der Waals surface area contributed by atoms with Crippen LogP contribution < -0.4 is 4.74 Å². The van der Waals surface area contributed by atoms with Crippen molar-refractivity contribution >= 4 is 5.78 Å². The van der Waals surface area contributed by atoms with Gasteiger partial charge in [0.1, 0.15) is 5.75 Å². The van der Waals surface area contributed by atoms with Crippen LogP contribution in [0.4, 0.5) is 0 Å². The van der Waals surface area contributed by atoms with E-state index >= 15 is 0 Å². The number of rotatable bonds is 1. The van der Waals surface area contributed by atoms with Crippen LogP contribution in [0.3, 0.4) is 0 Å². The number of fused-ring (bicyclic) bond motifs is 1. The molecule has 0 unspecified atom stereocenters. The molecular weight excluding hydrogens is 224 g/mol. The highest BCUT2D eigenvalue weighted by Gasteiger charge is 2.17. The summed E-state index contributed by atoms with van der Waals surface area (Å²) in [5.41, 5.74) is 2.90. The van der Waals surface area contributed by atoms with Gasteiger partial charge in [0.25, 0.3) is 0 Å². The number of Topliss-reactive ketones (excluding diaryl/α,β-unsaturated/α-hetero) is 1. The first-order chi connectivity index (χ1) is 8.84. The van der Waals surface area contributed by atoms with Gasteiger partial charge < -0.3 is 4.74 Å². The summed E-state index contributed by atoms with van der Waals surface area (Å²) in [5, 5.41) is 0. The van der Waals surface area contributed by atoms with E-state index in [-0.39, 0.29) is 5.78 Å². The molecule has 0 atom stereocenters. The van der Waals surface area contributed by atoms with Gasteiger partial charge in [-0.15, -0.1) is 0 Å². The van der Waals surface area contributed by atoms with E-state index in [9.17, 15) is 4.79 Å². The molecule has 0 radical (unpaired) electrons. The maximum atomic E-state index is 12.0. The molecule has 1 aliphatic rings. The van der Waals surface area contributed by atoms with Crippen molar-refractivity contribution < 1.29 is 9.53 Å². The smallest absolute Gasteiger partial charge is 0.166 e. The molecule has 0 spiro atoms. The minimum atomic E-state index is 0.181. The number of carbonyl (C=O) groups excluding carboxylic acids is 1. The molecule has 2 aromatic carbocycles. The maximum Gasteiger partial charge on any atom is 0.166 e. The Balaban J connectivity index is 2.07. The van der Waals surface area contributed by atoms with E-state index in [1.807, 2.05) is 48.5 Å². The van der Waals surface area contributed by atoms with Crippen molar-refractivity contribution in [3.8, 4) is 16.9 Å². The number of hydrogen-bond donors (Lipinski definition) is 0. The Bertz CT molecular complexity index is 573. The van der Waals surface area contributed by atoms with E-state index in [2.05, 4.69) is 0 Å². The summed E-state index contributed by atoms with van der Waals surface area (Å²) in [6, 6.07) is 15.9. The Morgan fingerprint density at radius 2 is 1.78 bits per heavy atom. The molecule has 18 heavy (non-hydrogen) atoms. The predicted octanol–water partition coefficient (Wildman–Crippen LogP) is 3.71. The number of carbonyl (C=O) groups is 1. The van der Waals surface area contributed by atoms with E-state index in [1.165, 1.54) is 0 Å². The molecular formula is C16H14O2. The first-order valence-corrected chi connectivity index (χ1v) is 6.20. The van der Waals surface area contributed by atoms with Crippen LogP contribution in [0.25, 0.3) is 11.1 Å². The summed E-state index contributed by atoms with van der Waals surface area (Å²) in [6.45, 7) is 0.628.